The molecule has 3 N–H and O–H groups in total. The Kier molecular flexibility index (Phi) is 5.53. The van der Waals surface area contributed by atoms with Crippen molar-refractivity contribution in [3.05, 3.63) is 81.9 Å². The minimum absolute atomic E-state index is 0.0306. The predicted octanol–water partition coefficient (Wildman–Crippen LogP) is 1.96. The summed E-state index contributed by atoms with van der Waals surface area (Å²) in [6, 6.07) is 10.1. The molecule has 8 nitrogen and oxygen atoms in total. The van der Waals surface area contributed by atoms with Crippen molar-refractivity contribution in [2.45, 2.75) is 17.9 Å². The maximum absolute atomic E-state index is 12.7. The van der Waals surface area contributed by atoms with Gasteiger partial charge in [0.2, 0.25) is 15.9 Å². The van der Waals surface area contributed by atoms with Gasteiger partial charge in [0.15, 0.2) is 0 Å². The molecule has 2 aromatic rings. The molecule has 0 saturated heterocycles. The number of benzene rings is 2. The second-order valence-corrected chi connectivity index (χ2v) is 7.29. The first-order chi connectivity index (χ1) is 12.1. The molecule has 0 bridgehead atoms. The van der Waals surface area contributed by atoms with Gasteiger partial charge in [0.25, 0.3) is 5.69 Å². The zero-order chi connectivity index (χ0) is 19.5. The summed E-state index contributed by atoms with van der Waals surface area (Å²) in [5, 5.41) is 11.3. The van der Waals surface area contributed by atoms with Gasteiger partial charge >= 0.3 is 0 Å². The van der Waals surface area contributed by atoms with E-state index in [9.17, 15) is 23.3 Å². The average Bonchev–Trinajstić information content (AvgIpc) is 2.59. The highest BCUT2D eigenvalue weighted by Crippen LogP contribution is 2.30. The number of sulfonamides is 1. The van der Waals surface area contributed by atoms with Crippen LogP contribution in [0.4, 0.5) is 5.69 Å². The number of carbonyl (C=O) groups is 1. The van der Waals surface area contributed by atoms with Crippen LogP contribution in [0, 0.1) is 17.0 Å². The number of para-hydroxylation sites is 1. The van der Waals surface area contributed by atoms with Crippen molar-refractivity contribution in [2.75, 3.05) is 0 Å². The Bertz CT molecular complexity index is 968. The topological polar surface area (TPSA) is 132 Å². The van der Waals surface area contributed by atoms with Crippen LogP contribution >= 0.6 is 0 Å². The van der Waals surface area contributed by atoms with E-state index < -0.39 is 26.9 Å². The molecule has 1 amide bonds. The number of nitrogens with two attached hydrogens (primary N) is 1. The molecule has 26 heavy (non-hydrogen) atoms. The molecule has 9 heteroatoms. The van der Waals surface area contributed by atoms with E-state index in [1.807, 2.05) is 0 Å². The molecule has 1 unspecified atom stereocenters. The first-order valence-corrected chi connectivity index (χ1v) is 8.92. The highest BCUT2D eigenvalue weighted by molar-refractivity contribution is 7.89. The van der Waals surface area contributed by atoms with Crippen LogP contribution < -0.4 is 10.5 Å². The van der Waals surface area contributed by atoms with E-state index in [1.54, 1.807) is 19.1 Å². The SMILES string of the molecule is C=C(C(N)=O)C(NS(=O)(=O)c1ccc(C)cc1)c1ccccc1[N+](=O)[O-]. The van der Waals surface area contributed by atoms with E-state index in [4.69, 9.17) is 5.73 Å². The Morgan fingerprint density at radius 3 is 2.31 bits per heavy atom. The minimum Gasteiger partial charge on any atom is -0.366 e. The Morgan fingerprint density at radius 2 is 1.77 bits per heavy atom. The number of hydrogen-bond acceptors (Lipinski definition) is 5. The second kappa shape index (κ2) is 7.46. The molecule has 0 aliphatic heterocycles. The van der Waals surface area contributed by atoms with Crippen molar-refractivity contribution in [2.24, 2.45) is 5.73 Å². The summed E-state index contributed by atoms with van der Waals surface area (Å²) in [5.41, 5.74) is 5.40. The number of amides is 1. The van der Waals surface area contributed by atoms with E-state index in [0.717, 1.165) is 5.56 Å². The third-order valence-corrected chi connectivity index (χ3v) is 5.15. The molecule has 0 aliphatic carbocycles. The van der Waals surface area contributed by atoms with Gasteiger partial charge in [-0.3, -0.25) is 14.9 Å². The van der Waals surface area contributed by atoms with Gasteiger partial charge < -0.3 is 5.73 Å². The fraction of sp³-hybridized carbons (Fsp3) is 0.118. The van der Waals surface area contributed by atoms with Gasteiger partial charge in [0.1, 0.15) is 0 Å². The molecule has 2 aromatic carbocycles. The lowest BCUT2D eigenvalue weighted by Crippen LogP contribution is -2.34. The largest absolute Gasteiger partial charge is 0.366 e. The van der Waals surface area contributed by atoms with E-state index in [1.165, 1.54) is 36.4 Å². The van der Waals surface area contributed by atoms with Crippen LogP contribution in [0.25, 0.3) is 0 Å². The van der Waals surface area contributed by atoms with E-state index in [-0.39, 0.29) is 21.7 Å². The van der Waals surface area contributed by atoms with Crippen LogP contribution in [0.2, 0.25) is 0 Å². The fourth-order valence-corrected chi connectivity index (χ4v) is 3.51. The van der Waals surface area contributed by atoms with Crippen LogP contribution in [0.5, 0.6) is 0 Å². The second-order valence-electron chi connectivity index (χ2n) is 5.57. The van der Waals surface area contributed by atoms with Crippen LogP contribution in [0.3, 0.4) is 0 Å². The third-order valence-electron chi connectivity index (χ3n) is 3.71. The lowest BCUT2D eigenvalue weighted by Gasteiger charge is -2.20. The summed E-state index contributed by atoms with van der Waals surface area (Å²) in [6.07, 6.45) is 0. The molecule has 0 aliphatic rings. The number of rotatable bonds is 7. The van der Waals surface area contributed by atoms with Crippen molar-refractivity contribution in [3.63, 3.8) is 0 Å². The van der Waals surface area contributed by atoms with Crippen molar-refractivity contribution in [3.8, 4) is 0 Å². The maximum atomic E-state index is 12.7. The summed E-state index contributed by atoms with van der Waals surface area (Å²) in [7, 11) is -4.09. The number of hydrogen-bond donors (Lipinski definition) is 2. The molecule has 0 saturated carbocycles. The van der Waals surface area contributed by atoms with Gasteiger partial charge in [-0.05, 0) is 19.1 Å². The molecule has 0 spiro atoms. The van der Waals surface area contributed by atoms with Gasteiger partial charge in [-0.2, -0.15) is 4.72 Å². The first kappa shape index (κ1) is 19.3. The van der Waals surface area contributed by atoms with Crippen LogP contribution in [0.1, 0.15) is 17.2 Å². The average molecular weight is 375 g/mol. The van der Waals surface area contributed by atoms with Gasteiger partial charge in [-0.15, -0.1) is 0 Å². The van der Waals surface area contributed by atoms with Crippen molar-refractivity contribution < 1.29 is 18.1 Å². The van der Waals surface area contributed by atoms with E-state index in [2.05, 4.69) is 11.3 Å². The van der Waals surface area contributed by atoms with Crippen molar-refractivity contribution >= 4 is 21.6 Å². The lowest BCUT2D eigenvalue weighted by atomic mass is 9.99. The zero-order valence-electron chi connectivity index (χ0n) is 13.9. The minimum atomic E-state index is -4.09. The van der Waals surface area contributed by atoms with Gasteiger partial charge in [-0.1, -0.05) is 42.5 Å². The Labute approximate surface area is 150 Å². The quantitative estimate of drug-likeness (QED) is 0.434. The number of carbonyl (C=O) groups excluding carboxylic acids is 1. The summed E-state index contributed by atoms with van der Waals surface area (Å²) in [6.45, 7) is 5.30. The zero-order valence-corrected chi connectivity index (χ0v) is 14.7. The highest BCUT2D eigenvalue weighted by atomic mass is 32.2. The summed E-state index contributed by atoms with van der Waals surface area (Å²) >= 11 is 0. The van der Waals surface area contributed by atoms with Crippen LogP contribution in [-0.2, 0) is 14.8 Å². The Morgan fingerprint density at radius 1 is 1.19 bits per heavy atom. The number of primary amides is 1. The summed E-state index contributed by atoms with van der Waals surface area (Å²) in [5.74, 6) is -0.972. The molecule has 0 radical (unpaired) electrons. The molecule has 2 rings (SSSR count). The third kappa shape index (κ3) is 4.13. The van der Waals surface area contributed by atoms with E-state index in [0.29, 0.717) is 0 Å². The number of nitro groups is 1. The number of nitrogens with one attached hydrogen (secondary N) is 1. The molecule has 0 heterocycles. The monoisotopic (exact) mass is 375 g/mol. The number of nitro benzene ring substituents is 1. The Hall–Kier alpha value is -3.04. The van der Waals surface area contributed by atoms with E-state index >= 15 is 0 Å². The molecular formula is C17H17N3O5S. The summed E-state index contributed by atoms with van der Waals surface area (Å²) in [4.78, 5) is 22.1. The van der Waals surface area contributed by atoms with Crippen LogP contribution in [-0.4, -0.2) is 19.2 Å². The Balaban J connectivity index is 2.54. The molecular weight excluding hydrogens is 358 g/mol. The predicted molar refractivity (Wildman–Crippen MR) is 95.7 cm³/mol. The molecule has 0 fully saturated rings. The molecule has 1 atom stereocenters. The highest BCUT2D eigenvalue weighted by Gasteiger charge is 2.30. The standard InChI is InChI=1S/C17H17N3O5S/c1-11-7-9-13(10-8-11)26(24,25)19-16(12(2)17(18)21)14-5-3-4-6-15(14)20(22)23/h3-10,16,19H,2H2,1H3,(H2,18,21). The van der Waals surface area contributed by atoms with Crippen molar-refractivity contribution in [1.29, 1.82) is 0 Å². The number of nitrogens with zero attached hydrogens (tertiary/aromatic N) is 1. The summed E-state index contributed by atoms with van der Waals surface area (Å²) < 4.78 is 27.6. The van der Waals surface area contributed by atoms with Gasteiger partial charge in [0, 0.05) is 11.6 Å². The normalized spacial score (nSPS) is 12.3. The lowest BCUT2D eigenvalue weighted by molar-refractivity contribution is -0.385. The first-order valence-electron chi connectivity index (χ1n) is 7.44. The maximum Gasteiger partial charge on any atom is 0.274 e. The smallest absolute Gasteiger partial charge is 0.274 e. The van der Waals surface area contributed by atoms with Crippen LogP contribution in [0.15, 0.2) is 65.6 Å². The van der Waals surface area contributed by atoms with Gasteiger partial charge in [0.05, 0.1) is 21.4 Å². The molecule has 136 valence electrons. The number of aryl methyl sites for hydroxylation is 1. The van der Waals surface area contributed by atoms with Crippen molar-refractivity contribution in [1.82, 2.24) is 4.72 Å². The fourth-order valence-electron chi connectivity index (χ4n) is 2.30. The van der Waals surface area contributed by atoms with Gasteiger partial charge in [-0.25, -0.2) is 8.42 Å². The molecule has 0 aromatic heterocycles.